The largest absolute Gasteiger partial charge is 0.494 e. The number of anilines is 2. The first kappa shape index (κ1) is 22.1. The van der Waals surface area contributed by atoms with E-state index in [1.54, 1.807) is 0 Å². The van der Waals surface area contributed by atoms with Crippen molar-refractivity contribution in [2.45, 2.75) is 53.5 Å². The van der Waals surface area contributed by atoms with Crippen LogP contribution in [0.4, 0.5) is 11.4 Å². The number of ether oxygens (including phenoxy) is 1. The van der Waals surface area contributed by atoms with Gasteiger partial charge < -0.3 is 10.1 Å². The van der Waals surface area contributed by atoms with E-state index in [9.17, 15) is 9.59 Å². The number of benzene rings is 2. The number of amides is 1. The van der Waals surface area contributed by atoms with E-state index in [1.165, 1.54) is 0 Å². The van der Waals surface area contributed by atoms with Gasteiger partial charge in [0.2, 0.25) is 5.91 Å². The molecule has 0 aromatic heterocycles. The SMILES string of the molecule is CCOc1ccc(C2C3=C(CC(C)(C)CC3=O)Nc3ccccc3N2C(=O)C(C)C)cc1. The lowest BCUT2D eigenvalue weighted by Crippen LogP contribution is -2.41. The van der Waals surface area contributed by atoms with Gasteiger partial charge in [-0.05, 0) is 48.6 Å². The van der Waals surface area contributed by atoms with Gasteiger partial charge in [-0.25, -0.2) is 0 Å². The second-order valence-electron chi connectivity index (χ2n) is 9.74. The van der Waals surface area contributed by atoms with Crippen molar-refractivity contribution in [3.63, 3.8) is 0 Å². The summed E-state index contributed by atoms with van der Waals surface area (Å²) in [5, 5.41) is 3.54. The summed E-state index contributed by atoms with van der Waals surface area (Å²) in [6.45, 7) is 10.6. The molecule has 0 spiro atoms. The predicted molar refractivity (Wildman–Crippen MR) is 128 cm³/mol. The number of ketones is 1. The van der Waals surface area contributed by atoms with Gasteiger partial charge >= 0.3 is 0 Å². The van der Waals surface area contributed by atoms with Crippen molar-refractivity contribution in [2.24, 2.45) is 11.3 Å². The number of nitrogens with zero attached hydrogens (tertiary/aromatic N) is 1. The third kappa shape index (κ3) is 4.04. The van der Waals surface area contributed by atoms with E-state index in [0.717, 1.165) is 34.8 Å². The van der Waals surface area contributed by atoms with Crippen LogP contribution in [-0.2, 0) is 9.59 Å². The highest BCUT2D eigenvalue weighted by Gasteiger charge is 2.43. The van der Waals surface area contributed by atoms with Crippen LogP contribution in [0.1, 0.15) is 59.1 Å². The number of hydrogen-bond donors (Lipinski definition) is 1. The molecule has 5 heteroatoms. The Kier molecular flexibility index (Phi) is 5.85. The molecule has 168 valence electrons. The van der Waals surface area contributed by atoms with Crippen molar-refractivity contribution in [3.8, 4) is 5.75 Å². The number of nitrogens with one attached hydrogen (secondary N) is 1. The van der Waals surface area contributed by atoms with Gasteiger partial charge in [0.05, 0.1) is 24.0 Å². The first-order chi connectivity index (χ1) is 15.2. The van der Waals surface area contributed by atoms with Crippen LogP contribution in [0.3, 0.4) is 0 Å². The summed E-state index contributed by atoms with van der Waals surface area (Å²) < 4.78 is 5.62. The Hall–Kier alpha value is -3.08. The van der Waals surface area contributed by atoms with Crippen LogP contribution in [0.5, 0.6) is 5.75 Å². The van der Waals surface area contributed by atoms with Gasteiger partial charge in [0.25, 0.3) is 0 Å². The third-order valence-electron chi connectivity index (χ3n) is 6.14. The number of hydrogen-bond acceptors (Lipinski definition) is 4. The molecule has 2 aromatic rings. The molecule has 1 atom stereocenters. The van der Waals surface area contributed by atoms with Crippen molar-refractivity contribution in [1.29, 1.82) is 0 Å². The van der Waals surface area contributed by atoms with Crippen molar-refractivity contribution >= 4 is 23.1 Å². The maximum atomic E-state index is 13.6. The summed E-state index contributed by atoms with van der Waals surface area (Å²) in [5.41, 5.74) is 4.02. The fourth-order valence-electron chi connectivity index (χ4n) is 4.74. The van der Waals surface area contributed by atoms with Crippen molar-refractivity contribution < 1.29 is 14.3 Å². The van der Waals surface area contributed by atoms with Crippen LogP contribution in [0.2, 0.25) is 0 Å². The second kappa shape index (κ2) is 8.45. The molecular weight excluding hydrogens is 400 g/mol. The summed E-state index contributed by atoms with van der Waals surface area (Å²) >= 11 is 0. The molecule has 2 aromatic carbocycles. The number of allylic oxidation sites excluding steroid dienone is 1. The number of para-hydroxylation sites is 2. The standard InChI is InChI=1S/C27H32N2O3/c1-6-32-19-13-11-18(12-14-19)25-24-21(15-27(4,5)16-23(24)30)28-20-9-7-8-10-22(20)29(25)26(31)17(2)3/h7-14,17,25,28H,6,15-16H2,1-5H3. The zero-order chi connectivity index (χ0) is 23.0. The molecule has 5 nitrogen and oxygen atoms in total. The Morgan fingerprint density at radius 2 is 1.81 bits per heavy atom. The van der Waals surface area contributed by atoms with E-state index in [1.807, 2.05) is 74.2 Å². The molecule has 2 aliphatic rings. The number of rotatable bonds is 4. The molecule has 0 bridgehead atoms. The lowest BCUT2D eigenvalue weighted by molar-refractivity contribution is -0.122. The van der Waals surface area contributed by atoms with E-state index in [2.05, 4.69) is 19.2 Å². The van der Waals surface area contributed by atoms with Gasteiger partial charge in [-0.15, -0.1) is 0 Å². The number of fused-ring (bicyclic) bond motifs is 1. The normalized spacial score (nSPS) is 19.8. The monoisotopic (exact) mass is 432 g/mol. The lowest BCUT2D eigenvalue weighted by atomic mass is 9.73. The van der Waals surface area contributed by atoms with Crippen LogP contribution in [-0.4, -0.2) is 18.3 Å². The highest BCUT2D eigenvalue weighted by molar-refractivity contribution is 6.06. The van der Waals surface area contributed by atoms with Gasteiger partial charge in [-0.2, -0.15) is 0 Å². The van der Waals surface area contributed by atoms with Crippen LogP contribution in [0.15, 0.2) is 59.8 Å². The molecule has 0 radical (unpaired) electrons. The van der Waals surface area contributed by atoms with Gasteiger partial charge in [0, 0.05) is 23.6 Å². The molecule has 0 saturated carbocycles. The molecule has 1 aliphatic carbocycles. The first-order valence-electron chi connectivity index (χ1n) is 11.4. The van der Waals surface area contributed by atoms with Crippen molar-refractivity contribution in [3.05, 3.63) is 65.4 Å². The van der Waals surface area contributed by atoms with Crippen molar-refractivity contribution in [1.82, 2.24) is 0 Å². The fraction of sp³-hybridized carbons (Fsp3) is 0.407. The van der Waals surface area contributed by atoms with Crippen LogP contribution in [0.25, 0.3) is 0 Å². The molecule has 4 rings (SSSR count). The summed E-state index contributed by atoms with van der Waals surface area (Å²) in [4.78, 5) is 29.0. The minimum atomic E-state index is -0.490. The molecular formula is C27H32N2O3. The smallest absolute Gasteiger partial charge is 0.230 e. The number of carbonyl (C=O) groups is 2. The van der Waals surface area contributed by atoms with Gasteiger partial charge in [-0.1, -0.05) is 52.0 Å². The van der Waals surface area contributed by atoms with E-state index in [-0.39, 0.29) is 23.0 Å². The summed E-state index contributed by atoms with van der Waals surface area (Å²) in [7, 11) is 0. The molecule has 32 heavy (non-hydrogen) atoms. The Bertz CT molecular complexity index is 1070. The molecule has 1 N–H and O–H groups in total. The zero-order valence-corrected chi connectivity index (χ0v) is 19.6. The van der Waals surface area contributed by atoms with E-state index < -0.39 is 6.04 Å². The number of carbonyl (C=O) groups excluding carboxylic acids is 2. The minimum Gasteiger partial charge on any atom is -0.494 e. The highest BCUT2D eigenvalue weighted by Crippen LogP contribution is 2.48. The maximum Gasteiger partial charge on any atom is 0.230 e. The Morgan fingerprint density at radius 3 is 2.47 bits per heavy atom. The predicted octanol–water partition coefficient (Wildman–Crippen LogP) is 5.88. The van der Waals surface area contributed by atoms with Gasteiger partial charge in [-0.3, -0.25) is 14.5 Å². The lowest BCUT2D eigenvalue weighted by Gasteiger charge is -2.37. The molecule has 1 heterocycles. The topological polar surface area (TPSA) is 58.6 Å². The number of Topliss-reactive ketones (excluding diaryl/α,β-unsaturated/α-hetero) is 1. The third-order valence-corrected chi connectivity index (χ3v) is 6.14. The van der Waals surface area contributed by atoms with Crippen LogP contribution < -0.4 is 15.0 Å². The average Bonchev–Trinajstić information content (AvgIpc) is 2.87. The molecule has 1 aliphatic heterocycles. The van der Waals surface area contributed by atoms with E-state index in [4.69, 9.17) is 4.74 Å². The van der Waals surface area contributed by atoms with E-state index in [0.29, 0.717) is 18.6 Å². The summed E-state index contributed by atoms with van der Waals surface area (Å²) in [6.07, 6.45) is 1.21. The highest BCUT2D eigenvalue weighted by atomic mass is 16.5. The van der Waals surface area contributed by atoms with E-state index >= 15 is 0 Å². The van der Waals surface area contributed by atoms with Gasteiger partial charge in [0.1, 0.15) is 5.75 Å². The minimum absolute atomic E-state index is 0.00971. The molecule has 1 unspecified atom stereocenters. The molecule has 1 amide bonds. The quantitative estimate of drug-likeness (QED) is 0.655. The molecule has 0 saturated heterocycles. The second-order valence-corrected chi connectivity index (χ2v) is 9.74. The van der Waals surface area contributed by atoms with Crippen molar-refractivity contribution in [2.75, 3.05) is 16.8 Å². The summed E-state index contributed by atoms with van der Waals surface area (Å²) in [5.74, 6) is 0.641. The first-order valence-corrected chi connectivity index (χ1v) is 11.4. The van der Waals surface area contributed by atoms with Gasteiger partial charge in [0.15, 0.2) is 5.78 Å². The molecule has 0 fully saturated rings. The Labute approximate surface area is 190 Å². The zero-order valence-electron chi connectivity index (χ0n) is 19.6. The summed E-state index contributed by atoms with van der Waals surface area (Å²) in [6, 6.07) is 15.1. The fourth-order valence-corrected chi connectivity index (χ4v) is 4.74. The Balaban J connectivity index is 1.96. The maximum absolute atomic E-state index is 13.6. The van der Waals surface area contributed by atoms with Crippen LogP contribution in [0, 0.1) is 11.3 Å². The van der Waals surface area contributed by atoms with Crippen LogP contribution >= 0.6 is 0 Å². The average molecular weight is 433 g/mol. The Morgan fingerprint density at radius 1 is 1.12 bits per heavy atom.